The minimum absolute atomic E-state index is 0.187. The molecule has 1 aromatic rings. The minimum atomic E-state index is 0.187. The summed E-state index contributed by atoms with van der Waals surface area (Å²) in [5.41, 5.74) is 2.05. The quantitative estimate of drug-likeness (QED) is 0.723. The summed E-state index contributed by atoms with van der Waals surface area (Å²) in [6, 6.07) is 8.15. The van der Waals surface area contributed by atoms with Gasteiger partial charge in [-0.25, -0.2) is 0 Å². The van der Waals surface area contributed by atoms with Crippen molar-refractivity contribution in [3.05, 3.63) is 35.4 Å². The summed E-state index contributed by atoms with van der Waals surface area (Å²) in [6.07, 6.45) is 0. The van der Waals surface area contributed by atoms with E-state index in [2.05, 4.69) is 26.8 Å². The van der Waals surface area contributed by atoms with Gasteiger partial charge in [0.1, 0.15) is 0 Å². The molecule has 1 heterocycles. The van der Waals surface area contributed by atoms with Crippen LogP contribution in [0, 0.1) is 5.92 Å². The van der Waals surface area contributed by atoms with E-state index in [0.717, 1.165) is 12.1 Å². The van der Waals surface area contributed by atoms with Gasteiger partial charge in [0.25, 0.3) is 5.91 Å². The molecule has 2 rings (SSSR count). The van der Waals surface area contributed by atoms with Crippen LogP contribution in [0.1, 0.15) is 42.7 Å². The first-order chi connectivity index (χ1) is 7.11. The highest BCUT2D eigenvalue weighted by atomic mass is 16.2. The Morgan fingerprint density at radius 1 is 1.33 bits per heavy atom. The fraction of sp³-hybridized carbons (Fsp3) is 0.462. The molecular weight excluding hydrogens is 186 g/mol. The molecule has 1 aromatic carbocycles. The van der Waals surface area contributed by atoms with Crippen molar-refractivity contribution in [2.24, 2.45) is 5.92 Å². The van der Waals surface area contributed by atoms with Crippen LogP contribution in [0.4, 0.5) is 0 Å². The van der Waals surface area contributed by atoms with Crippen molar-refractivity contribution in [3.63, 3.8) is 0 Å². The van der Waals surface area contributed by atoms with Crippen LogP contribution in [0.2, 0.25) is 0 Å². The lowest BCUT2D eigenvalue weighted by molar-refractivity contribution is 0.0715. The van der Waals surface area contributed by atoms with Crippen LogP contribution in [0.5, 0.6) is 0 Å². The minimum Gasteiger partial charge on any atom is -0.332 e. The molecule has 0 aromatic heterocycles. The Kier molecular flexibility index (Phi) is 2.51. The molecule has 0 fully saturated rings. The van der Waals surface area contributed by atoms with Crippen LogP contribution in [-0.4, -0.2) is 17.4 Å². The second-order valence-electron chi connectivity index (χ2n) is 4.61. The van der Waals surface area contributed by atoms with Crippen LogP contribution in [0.25, 0.3) is 0 Å². The van der Waals surface area contributed by atoms with Crippen molar-refractivity contribution in [2.45, 2.75) is 26.8 Å². The average Bonchev–Trinajstić information content (AvgIpc) is 2.44. The number of fused-ring (bicyclic) bond motifs is 1. The molecule has 0 aliphatic carbocycles. The largest absolute Gasteiger partial charge is 0.332 e. The number of carbonyl (C=O) groups excluding carboxylic acids is 1. The zero-order valence-electron chi connectivity index (χ0n) is 9.53. The van der Waals surface area contributed by atoms with E-state index < -0.39 is 0 Å². The van der Waals surface area contributed by atoms with Gasteiger partial charge in [0.15, 0.2) is 0 Å². The highest BCUT2D eigenvalue weighted by molar-refractivity contribution is 5.99. The Hall–Kier alpha value is -1.31. The lowest BCUT2D eigenvalue weighted by Gasteiger charge is -2.23. The molecule has 2 heteroatoms. The van der Waals surface area contributed by atoms with Gasteiger partial charge in [-0.05, 0) is 24.5 Å². The van der Waals surface area contributed by atoms with E-state index in [1.807, 2.05) is 23.1 Å². The molecule has 0 N–H and O–H groups in total. The third-order valence-corrected chi connectivity index (χ3v) is 2.93. The van der Waals surface area contributed by atoms with Gasteiger partial charge >= 0.3 is 0 Å². The fourth-order valence-electron chi connectivity index (χ4n) is 2.19. The summed E-state index contributed by atoms with van der Waals surface area (Å²) in [6.45, 7) is 7.23. The second-order valence-corrected chi connectivity index (χ2v) is 4.61. The average molecular weight is 203 g/mol. The molecule has 2 nitrogen and oxygen atoms in total. The molecule has 0 saturated heterocycles. The maximum absolute atomic E-state index is 12.1. The Balaban J connectivity index is 2.32. The van der Waals surface area contributed by atoms with E-state index in [1.54, 1.807) is 0 Å². The first-order valence-corrected chi connectivity index (χ1v) is 5.51. The first-order valence-electron chi connectivity index (χ1n) is 5.51. The number of hydrogen-bond acceptors (Lipinski definition) is 1. The van der Waals surface area contributed by atoms with Crippen molar-refractivity contribution < 1.29 is 4.79 Å². The lowest BCUT2D eigenvalue weighted by Crippen LogP contribution is -2.30. The first kappa shape index (κ1) is 10.2. The fourth-order valence-corrected chi connectivity index (χ4v) is 2.19. The van der Waals surface area contributed by atoms with Gasteiger partial charge in [0.2, 0.25) is 0 Å². The monoisotopic (exact) mass is 203 g/mol. The molecule has 15 heavy (non-hydrogen) atoms. The number of amides is 1. The molecule has 1 unspecified atom stereocenters. The van der Waals surface area contributed by atoms with Gasteiger partial charge in [0, 0.05) is 12.1 Å². The van der Waals surface area contributed by atoms with Crippen molar-refractivity contribution in [1.82, 2.24) is 4.90 Å². The van der Waals surface area contributed by atoms with E-state index in [9.17, 15) is 4.79 Å². The molecule has 1 aliphatic heterocycles. The Labute approximate surface area is 90.9 Å². The van der Waals surface area contributed by atoms with Gasteiger partial charge in [0.05, 0.1) is 6.04 Å². The van der Waals surface area contributed by atoms with E-state index >= 15 is 0 Å². The molecule has 0 saturated carbocycles. The van der Waals surface area contributed by atoms with Crippen molar-refractivity contribution in [3.8, 4) is 0 Å². The zero-order chi connectivity index (χ0) is 11.0. The summed E-state index contributed by atoms with van der Waals surface area (Å²) in [5, 5.41) is 0. The predicted molar refractivity (Wildman–Crippen MR) is 60.7 cm³/mol. The zero-order valence-corrected chi connectivity index (χ0v) is 9.53. The van der Waals surface area contributed by atoms with Crippen molar-refractivity contribution in [2.75, 3.05) is 6.54 Å². The highest BCUT2D eigenvalue weighted by Crippen LogP contribution is 2.33. The smallest absolute Gasteiger partial charge is 0.254 e. The maximum Gasteiger partial charge on any atom is 0.254 e. The molecule has 1 aliphatic rings. The SMILES string of the molecule is CC(C)CN1C(=O)c2ccccc2C1C. The molecule has 0 bridgehead atoms. The van der Waals surface area contributed by atoms with Crippen LogP contribution >= 0.6 is 0 Å². The summed E-state index contributed by atoms with van der Waals surface area (Å²) in [5.74, 6) is 0.706. The maximum atomic E-state index is 12.1. The van der Waals surface area contributed by atoms with Crippen LogP contribution in [0.15, 0.2) is 24.3 Å². The van der Waals surface area contributed by atoms with Gasteiger partial charge in [-0.3, -0.25) is 4.79 Å². The van der Waals surface area contributed by atoms with Gasteiger partial charge in [-0.15, -0.1) is 0 Å². The molecule has 80 valence electrons. The normalized spacial score (nSPS) is 19.9. The molecule has 0 spiro atoms. The number of carbonyl (C=O) groups is 1. The second kappa shape index (κ2) is 3.69. The van der Waals surface area contributed by atoms with Crippen molar-refractivity contribution in [1.29, 1.82) is 0 Å². The van der Waals surface area contributed by atoms with Crippen LogP contribution in [-0.2, 0) is 0 Å². The molecule has 1 amide bonds. The van der Waals surface area contributed by atoms with E-state index in [1.165, 1.54) is 5.56 Å². The van der Waals surface area contributed by atoms with E-state index in [-0.39, 0.29) is 11.9 Å². The van der Waals surface area contributed by atoms with Crippen molar-refractivity contribution >= 4 is 5.91 Å². The van der Waals surface area contributed by atoms with Gasteiger partial charge in [-0.1, -0.05) is 32.0 Å². The number of nitrogens with zero attached hydrogens (tertiary/aromatic N) is 1. The van der Waals surface area contributed by atoms with Gasteiger partial charge < -0.3 is 4.90 Å². The third-order valence-electron chi connectivity index (χ3n) is 2.93. The van der Waals surface area contributed by atoms with E-state index in [4.69, 9.17) is 0 Å². The third kappa shape index (κ3) is 1.65. The number of hydrogen-bond donors (Lipinski definition) is 0. The standard InChI is InChI=1S/C13H17NO/c1-9(2)8-14-10(3)11-6-4-5-7-12(11)13(14)15/h4-7,9-10H,8H2,1-3H3. The number of benzene rings is 1. The summed E-state index contributed by atoms with van der Waals surface area (Å²) < 4.78 is 0. The molecule has 0 radical (unpaired) electrons. The Morgan fingerprint density at radius 2 is 2.00 bits per heavy atom. The van der Waals surface area contributed by atoms with E-state index in [0.29, 0.717) is 5.92 Å². The summed E-state index contributed by atoms with van der Waals surface area (Å²) in [4.78, 5) is 14.0. The van der Waals surface area contributed by atoms with Crippen LogP contribution in [0.3, 0.4) is 0 Å². The summed E-state index contributed by atoms with van der Waals surface area (Å²) >= 11 is 0. The van der Waals surface area contributed by atoms with Gasteiger partial charge in [-0.2, -0.15) is 0 Å². The Morgan fingerprint density at radius 3 is 2.60 bits per heavy atom. The highest BCUT2D eigenvalue weighted by Gasteiger charge is 2.33. The van der Waals surface area contributed by atoms with Crippen LogP contribution < -0.4 is 0 Å². The number of rotatable bonds is 2. The molecular formula is C13H17NO. The predicted octanol–water partition coefficient (Wildman–Crippen LogP) is 2.86. The topological polar surface area (TPSA) is 20.3 Å². The Bertz CT molecular complexity index is 384. The molecule has 1 atom stereocenters. The summed E-state index contributed by atoms with van der Waals surface area (Å²) in [7, 11) is 0. The lowest BCUT2D eigenvalue weighted by atomic mass is 10.1.